The van der Waals surface area contributed by atoms with Crippen LogP contribution in [0.25, 0.3) is 6.08 Å². The van der Waals surface area contributed by atoms with E-state index in [1.54, 1.807) is 24.3 Å². The van der Waals surface area contributed by atoms with Gasteiger partial charge in [-0.1, -0.05) is 42.1 Å². The lowest BCUT2D eigenvalue weighted by molar-refractivity contribution is -0.122. The van der Waals surface area contributed by atoms with Gasteiger partial charge in [0.05, 0.1) is 15.7 Å². The number of nitrogens with one attached hydrogen (secondary N) is 1. The second-order valence-electron chi connectivity index (χ2n) is 7.67. The van der Waals surface area contributed by atoms with Gasteiger partial charge < -0.3 is 4.57 Å². The number of hydrogen-bond donors (Lipinski definition) is 1. The van der Waals surface area contributed by atoms with E-state index in [0.717, 1.165) is 29.8 Å². The summed E-state index contributed by atoms with van der Waals surface area (Å²) >= 11 is 17.7. The van der Waals surface area contributed by atoms with E-state index in [1.165, 1.54) is 17.7 Å². The molecule has 1 saturated heterocycles. The molecule has 1 aromatic carbocycles. The third-order valence-corrected chi connectivity index (χ3v) is 6.88. The molecule has 1 aliphatic carbocycles. The highest BCUT2D eigenvalue weighted by molar-refractivity contribution is 7.80. The number of hydrogen-bond acceptors (Lipinski definition) is 3. The summed E-state index contributed by atoms with van der Waals surface area (Å²) in [6.07, 6.45) is 6.40. The Balaban J connectivity index is 1.75. The number of benzene rings is 1. The maximum atomic E-state index is 13.3. The van der Waals surface area contributed by atoms with Crippen molar-refractivity contribution in [3.8, 4) is 0 Å². The zero-order chi connectivity index (χ0) is 21.6. The first-order valence-electron chi connectivity index (χ1n) is 9.83. The average molecular weight is 462 g/mol. The number of anilines is 1. The van der Waals surface area contributed by atoms with Crippen molar-refractivity contribution in [2.24, 2.45) is 0 Å². The maximum absolute atomic E-state index is 13.3. The van der Waals surface area contributed by atoms with E-state index in [2.05, 4.69) is 16.8 Å². The summed E-state index contributed by atoms with van der Waals surface area (Å²) in [4.78, 5) is 27.1. The molecule has 30 heavy (non-hydrogen) atoms. The van der Waals surface area contributed by atoms with Crippen LogP contribution in [0.5, 0.6) is 0 Å². The number of thiocarbonyl (C=S) groups is 1. The first-order chi connectivity index (χ1) is 14.3. The van der Waals surface area contributed by atoms with E-state index in [0.29, 0.717) is 16.8 Å². The Labute approximate surface area is 190 Å². The molecule has 0 spiro atoms. The van der Waals surface area contributed by atoms with Gasteiger partial charge in [0.2, 0.25) is 0 Å². The minimum Gasteiger partial charge on any atom is -0.346 e. The Kier molecular flexibility index (Phi) is 5.75. The Bertz CT molecular complexity index is 1100. The molecule has 2 fully saturated rings. The van der Waals surface area contributed by atoms with Crippen molar-refractivity contribution >= 4 is 64.1 Å². The topological polar surface area (TPSA) is 54.3 Å². The fourth-order valence-electron chi connectivity index (χ4n) is 4.37. The normalized spacial score (nSPS) is 19.1. The fourth-order valence-corrected chi connectivity index (χ4v) is 5.02. The van der Waals surface area contributed by atoms with Crippen LogP contribution in [0, 0.1) is 13.8 Å². The summed E-state index contributed by atoms with van der Waals surface area (Å²) in [6, 6.07) is 7.43. The molecule has 1 aromatic heterocycles. The van der Waals surface area contributed by atoms with Crippen LogP contribution in [0.2, 0.25) is 10.0 Å². The van der Waals surface area contributed by atoms with E-state index in [9.17, 15) is 9.59 Å². The van der Waals surface area contributed by atoms with E-state index in [1.807, 2.05) is 13.0 Å². The Hall–Kier alpha value is -2.15. The molecule has 4 rings (SSSR count). The van der Waals surface area contributed by atoms with Crippen molar-refractivity contribution in [2.45, 2.75) is 45.6 Å². The molecule has 0 bridgehead atoms. The number of halogens is 2. The van der Waals surface area contributed by atoms with Gasteiger partial charge in [-0.3, -0.25) is 19.8 Å². The SMILES string of the molecule is Cc1cc(/C=C2\C(=O)NC(=S)N(c3cccc(Cl)c3Cl)C2=O)c(C)n1C1CCCC1. The van der Waals surface area contributed by atoms with Crippen LogP contribution in [-0.2, 0) is 9.59 Å². The van der Waals surface area contributed by atoms with Crippen LogP contribution < -0.4 is 10.2 Å². The number of aromatic nitrogens is 1. The summed E-state index contributed by atoms with van der Waals surface area (Å²) in [5.41, 5.74) is 3.36. The molecule has 156 valence electrons. The van der Waals surface area contributed by atoms with Gasteiger partial charge in [0, 0.05) is 17.4 Å². The molecule has 8 heteroatoms. The standard InChI is InChI=1S/C22H21Cl2N3O2S/c1-12-10-14(13(2)26(12)15-6-3-4-7-15)11-16-20(28)25-22(30)27(21(16)29)18-9-5-8-17(23)19(18)24/h5,8-11,15H,3-4,6-7H2,1-2H3,(H,25,28,30)/b16-11+. The third-order valence-electron chi connectivity index (χ3n) is 5.79. The van der Waals surface area contributed by atoms with Crippen molar-refractivity contribution in [1.29, 1.82) is 0 Å². The van der Waals surface area contributed by atoms with Gasteiger partial charge in [-0.15, -0.1) is 0 Å². The highest BCUT2D eigenvalue weighted by Crippen LogP contribution is 2.36. The van der Waals surface area contributed by atoms with E-state index < -0.39 is 11.8 Å². The second kappa shape index (κ2) is 8.17. The van der Waals surface area contributed by atoms with Crippen LogP contribution in [0.3, 0.4) is 0 Å². The van der Waals surface area contributed by atoms with E-state index >= 15 is 0 Å². The molecule has 1 saturated carbocycles. The molecule has 2 aromatic rings. The summed E-state index contributed by atoms with van der Waals surface area (Å²) in [5.74, 6) is -1.05. The summed E-state index contributed by atoms with van der Waals surface area (Å²) in [5, 5.41) is 3.06. The van der Waals surface area contributed by atoms with E-state index in [-0.39, 0.29) is 15.7 Å². The van der Waals surface area contributed by atoms with Crippen molar-refractivity contribution in [3.05, 3.63) is 56.8 Å². The lowest BCUT2D eigenvalue weighted by Gasteiger charge is -2.29. The summed E-state index contributed by atoms with van der Waals surface area (Å²) in [7, 11) is 0. The molecule has 2 amide bonds. The number of carbonyl (C=O) groups excluding carboxylic acids is 2. The van der Waals surface area contributed by atoms with Crippen LogP contribution in [0.15, 0.2) is 29.8 Å². The predicted octanol–water partition coefficient (Wildman–Crippen LogP) is 5.36. The van der Waals surface area contributed by atoms with Gasteiger partial charge >= 0.3 is 0 Å². The van der Waals surface area contributed by atoms with Crippen LogP contribution >= 0.6 is 35.4 Å². The molecule has 2 aliphatic rings. The Morgan fingerprint density at radius 3 is 2.57 bits per heavy atom. The predicted molar refractivity (Wildman–Crippen MR) is 124 cm³/mol. The summed E-state index contributed by atoms with van der Waals surface area (Å²) in [6.45, 7) is 4.09. The lowest BCUT2D eigenvalue weighted by Crippen LogP contribution is -2.54. The Morgan fingerprint density at radius 1 is 1.17 bits per heavy atom. The smallest absolute Gasteiger partial charge is 0.270 e. The van der Waals surface area contributed by atoms with Crippen molar-refractivity contribution in [2.75, 3.05) is 4.90 Å². The highest BCUT2D eigenvalue weighted by atomic mass is 35.5. The molecular weight excluding hydrogens is 441 g/mol. The number of amides is 2. The summed E-state index contributed by atoms with van der Waals surface area (Å²) < 4.78 is 2.32. The van der Waals surface area contributed by atoms with Gasteiger partial charge in [0.25, 0.3) is 11.8 Å². The molecular formula is C22H21Cl2N3O2S. The van der Waals surface area contributed by atoms with Gasteiger partial charge in [-0.2, -0.15) is 0 Å². The van der Waals surface area contributed by atoms with Crippen LogP contribution in [0.1, 0.15) is 48.7 Å². The van der Waals surface area contributed by atoms with Gasteiger partial charge in [0.1, 0.15) is 5.57 Å². The lowest BCUT2D eigenvalue weighted by atomic mass is 10.1. The maximum Gasteiger partial charge on any atom is 0.270 e. The Morgan fingerprint density at radius 2 is 1.87 bits per heavy atom. The van der Waals surface area contributed by atoms with Crippen molar-refractivity contribution < 1.29 is 9.59 Å². The minimum absolute atomic E-state index is 0.00585. The van der Waals surface area contributed by atoms with Crippen molar-refractivity contribution in [3.63, 3.8) is 0 Å². The largest absolute Gasteiger partial charge is 0.346 e. The average Bonchev–Trinajstić information content (AvgIpc) is 3.30. The second-order valence-corrected chi connectivity index (χ2v) is 8.84. The van der Waals surface area contributed by atoms with E-state index in [4.69, 9.17) is 35.4 Å². The first kappa shape index (κ1) is 21.1. The van der Waals surface area contributed by atoms with Crippen molar-refractivity contribution in [1.82, 2.24) is 9.88 Å². The van der Waals surface area contributed by atoms with Gasteiger partial charge in [-0.25, -0.2) is 0 Å². The number of aryl methyl sites for hydroxylation is 1. The molecule has 0 atom stereocenters. The quantitative estimate of drug-likeness (QED) is 0.380. The molecule has 1 aliphatic heterocycles. The monoisotopic (exact) mass is 461 g/mol. The zero-order valence-electron chi connectivity index (χ0n) is 16.7. The third kappa shape index (κ3) is 3.57. The van der Waals surface area contributed by atoms with Crippen LogP contribution in [0.4, 0.5) is 5.69 Å². The van der Waals surface area contributed by atoms with Gasteiger partial charge in [0.15, 0.2) is 5.11 Å². The number of nitrogens with zero attached hydrogens (tertiary/aromatic N) is 2. The molecule has 2 heterocycles. The van der Waals surface area contributed by atoms with Crippen LogP contribution in [-0.4, -0.2) is 21.5 Å². The fraction of sp³-hybridized carbons (Fsp3) is 0.318. The molecule has 1 N–H and O–H groups in total. The number of carbonyl (C=O) groups is 2. The first-order valence-corrected chi connectivity index (χ1v) is 11.0. The molecule has 5 nitrogen and oxygen atoms in total. The minimum atomic E-state index is -0.529. The zero-order valence-corrected chi connectivity index (χ0v) is 19.0. The molecule has 0 unspecified atom stereocenters. The molecule has 0 radical (unpaired) electrons. The highest BCUT2D eigenvalue weighted by Gasteiger charge is 2.36. The number of rotatable bonds is 3. The van der Waals surface area contributed by atoms with Gasteiger partial charge in [-0.05, 0) is 68.7 Å².